The number of anilines is 2. The van der Waals surface area contributed by atoms with Gasteiger partial charge in [-0.2, -0.15) is 9.97 Å². The zero-order valence-electron chi connectivity index (χ0n) is 13.2. The van der Waals surface area contributed by atoms with Gasteiger partial charge in [0.05, 0.1) is 6.33 Å². The third-order valence-electron chi connectivity index (χ3n) is 4.01. The molecule has 1 unspecified atom stereocenters. The van der Waals surface area contributed by atoms with Crippen molar-refractivity contribution in [1.82, 2.24) is 19.5 Å². The van der Waals surface area contributed by atoms with E-state index in [1.807, 2.05) is 4.57 Å². The molecular weight excluding hydrogens is 280 g/mol. The van der Waals surface area contributed by atoms with Gasteiger partial charge < -0.3 is 15.8 Å². The molecule has 22 heavy (non-hydrogen) atoms. The van der Waals surface area contributed by atoms with Gasteiger partial charge in [0.15, 0.2) is 11.5 Å². The van der Waals surface area contributed by atoms with Gasteiger partial charge in [0.2, 0.25) is 5.95 Å². The van der Waals surface area contributed by atoms with Crippen molar-refractivity contribution in [3.8, 4) is 0 Å². The third-order valence-corrected chi connectivity index (χ3v) is 4.01. The molecule has 0 saturated carbocycles. The minimum Gasteiger partial charge on any atom is -0.382 e. The Labute approximate surface area is 130 Å². The van der Waals surface area contributed by atoms with E-state index in [1.54, 1.807) is 6.33 Å². The van der Waals surface area contributed by atoms with E-state index >= 15 is 0 Å². The number of nitrogens with two attached hydrogens (primary N) is 1. The van der Waals surface area contributed by atoms with Gasteiger partial charge in [0.1, 0.15) is 11.7 Å². The van der Waals surface area contributed by atoms with Crippen LogP contribution < -0.4 is 11.1 Å². The number of rotatable bonds is 5. The maximum atomic E-state index is 6.04. The zero-order chi connectivity index (χ0) is 15.5. The van der Waals surface area contributed by atoms with Crippen LogP contribution in [-0.4, -0.2) is 32.2 Å². The monoisotopic (exact) mass is 304 g/mol. The summed E-state index contributed by atoms with van der Waals surface area (Å²) in [4.78, 5) is 13.3. The van der Waals surface area contributed by atoms with Crippen molar-refractivity contribution in [2.75, 3.05) is 17.7 Å². The van der Waals surface area contributed by atoms with Crippen molar-refractivity contribution >= 4 is 22.9 Å². The molecule has 120 valence electrons. The maximum Gasteiger partial charge on any atom is 0.226 e. The normalized spacial score (nSPS) is 20.2. The largest absolute Gasteiger partial charge is 0.382 e. The lowest BCUT2D eigenvalue weighted by molar-refractivity contribution is -0.0298. The van der Waals surface area contributed by atoms with Gasteiger partial charge in [-0.05, 0) is 32.6 Å². The van der Waals surface area contributed by atoms with Crippen LogP contribution >= 0.6 is 0 Å². The number of nitrogens with zero attached hydrogens (tertiary/aromatic N) is 4. The second kappa shape index (κ2) is 6.48. The highest BCUT2D eigenvalue weighted by Gasteiger charge is 2.20. The zero-order valence-corrected chi connectivity index (χ0v) is 13.2. The van der Waals surface area contributed by atoms with Crippen LogP contribution in [0.1, 0.15) is 52.2 Å². The van der Waals surface area contributed by atoms with Crippen LogP contribution in [0.15, 0.2) is 6.33 Å². The molecule has 7 heteroatoms. The van der Waals surface area contributed by atoms with E-state index in [4.69, 9.17) is 10.5 Å². The van der Waals surface area contributed by atoms with E-state index in [2.05, 4.69) is 34.1 Å². The predicted molar refractivity (Wildman–Crippen MR) is 86.6 cm³/mol. The summed E-state index contributed by atoms with van der Waals surface area (Å²) in [5.41, 5.74) is 7.42. The highest BCUT2D eigenvalue weighted by Crippen LogP contribution is 2.27. The average molecular weight is 304 g/mol. The van der Waals surface area contributed by atoms with E-state index in [0.29, 0.717) is 23.3 Å². The fraction of sp³-hybridized carbons (Fsp3) is 0.667. The molecule has 2 aromatic rings. The molecule has 1 aliphatic rings. The SMILES string of the molecule is CCC[C@@H](C)Nc1nc(N)c2ncn(C3CCCCO3)c2n1. The minimum absolute atomic E-state index is 0.00559. The predicted octanol–water partition coefficient (Wildman–Crippen LogP) is 2.71. The number of ether oxygens (including phenoxy) is 1. The van der Waals surface area contributed by atoms with Crippen LogP contribution in [0.2, 0.25) is 0 Å². The fourth-order valence-corrected chi connectivity index (χ4v) is 2.88. The molecule has 7 nitrogen and oxygen atoms in total. The molecule has 0 aliphatic carbocycles. The van der Waals surface area contributed by atoms with Gasteiger partial charge in [-0.1, -0.05) is 13.3 Å². The maximum absolute atomic E-state index is 6.04. The number of hydrogen-bond acceptors (Lipinski definition) is 6. The Balaban J connectivity index is 1.92. The van der Waals surface area contributed by atoms with E-state index in [-0.39, 0.29) is 6.23 Å². The standard InChI is InChI=1S/C15H24N6O/c1-3-6-10(2)18-15-19-13(16)12-14(20-15)21(9-17-12)11-7-4-5-8-22-11/h9-11H,3-8H2,1-2H3,(H3,16,18,19,20)/t10-,11?/m1/s1. The number of nitrogens with one attached hydrogen (secondary N) is 1. The van der Waals surface area contributed by atoms with Crippen molar-refractivity contribution in [3.05, 3.63) is 6.33 Å². The topological polar surface area (TPSA) is 90.9 Å². The number of aromatic nitrogens is 4. The van der Waals surface area contributed by atoms with Gasteiger partial charge in [0, 0.05) is 12.6 Å². The number of nitrogen functional groups attached to an aromatic ring is 1. The molecule has 2 atom stereocenters. The lowest BCUT2D eigenvalue weighted by Crippen LogP contribution is -2.19. The number of imidazole rings is 1. The smallest absolute Gasteiger partial charge is 0.226 e. The van der Waals surface area contributed by atoms with Crippen molar-refractivity contribution in [2.24, 2.45) is 0 Å². The molecule has 3 rings (SSSR count). The van der Waals surface area contributed by atoms with Gasteiger partial charge >= 0.3 is 0 Å². The summed E-state index contributed by atoms with van der Waals surface area (Å²) < 4.78 is 7.81. The molecule has 0 aromatic carbocycles. The van der Waals surface area contributed by atoms with Crippen molar-refractivity contribution in [2.45, 2.75) is 58.2 Å². The molecule has 1 aliphatic heterocycles. The lowest BCUT2D eigenvalue weighted by atomic mass is 10.2. The van der Waals surface area contributed by atoms with Gasteiger partial charge in [0.25, 0.3) is 0 Å². The van der Waals surface area contributed by atoms with E-state index in [9.17, 15) is 0 Å². The van der Waals surface area contributed by atoms with E-state index < -0.39 is 0 Å². The highest BCUT2D eigenvalue weighted by molar-refractivity contribution is 5.82. The molecule has 0 bridgehead atoms. The Morgan fingerprint density at radius 2 is 2.32 bits per heavy atom. The van der Waals surface area contributed by atoms with Gasteiger partial charge in [-0.15, -0.1) is 0 Å². The number of fused-ring (bicyclic) bond motifs is 1. The lowest BCUT2D eigenvalue weighted by Gasteiger charge is -2.24. The van der Waals surface area contributed by atoms with Gasteiger partial charge in [-0.25, -0.2) is 4.98 Å². The third kappa shape index (κ3) is 2.99. The second-order valence-electron chi connectivity index (χ2n) is 5.91. The van der Waals surface area contributed by atoms with Crippen LogP contribution in [0.3, 0.4) is 0 Å². The Kier molecular flexibility index (Phi) is 4.42. The summed E-state index contributed by atoms with van der Waals surface area (Å²) in [5, 5.41) is 3.31. The molecule has 1 fully saturated rings. The molecule has 2 aromatic heterocycles. The molecule has 3 heterocycles. The van der Waals surface area contributed by atoms with Crippen LogP contribution in [0.5, 0.6) is 0 Å². The summed E-state index contributed by atoms with van der Waals surface area (Å²) in [6.45, 7) is 5.06. The first-order valence-corrected chi connectivity index (χ1v) is 8.07. The fourth-order valence-electron chi connectivity index (χ4n) is 2.88. The van der Waals surface area contributed by atoms with Crippen LogP contribution in [-0.2, 0) is 4.74 Å². The quantitative estimate of drug-likeness (QED) is 0.882. The molecule has 3 N–H and O–H groups in total. The molecular formula is C15H24N6O. The summed E-state index contributed by atoms with van der Waals surface area (Å²) in [6, 6.07) is 0.309. The van der Waals surface area contributed by atoms with Crippen LogP contribution in [0.4, 0.5) is 11.8 Å². The second-order valence-corrected chi connectivity index (χ2v) is 5.91. The highest BCUT2D eigenvalue weighted by atomic mass is 16.5. The van der Waals surface area contributed by atoms with Crippen LogP contribution in [0, 0.1) is 0 Å². The van der Waals surface area contributed by atoms with Crippen LogP contribution in [0.25, 0.3) is 11.2 Å². The van der Waals surface area contributed by atoms with Crippen molar-refractivity contribution in [3.63, 3.8) is 0 Å². The van der Waals surface area contributed by atoms with Gasteiger partial charge in [-0.3, -0.25) is 4.57 Å². The summed E-state index contributed by atoms with van der Waals surface area (Å²) in [6.07, 6.45) is 7.17. The minimum atomic E-state index is -0.00559. The Morgan fingerprint density at radius 3 is 3.05 bits per heavy atom. The van der Waals surface area contributed by atoms with Crippen molar-refractivity contribution < 1.29 is 4.74 Å². The van der Waals surface area contributed by atoms with E-state index in [0.717, 1.165) is 44.4 Å². The summed E-state index contributed by atoms with van der Waals surface area (Å²) in [7, 11) is 0. The molecule has 0 spiro atoms. The summed E-state index contributed by atoms with van der Waals surface area (Å²) >= 11 is 0. The average Bonchev–Trinajstić information content (AvgIpc) is 2.92. The Bertz CT molecular complexity index is 634. The van der Waals surface area contributed by atoms with Crippen molar-refractivity contribution in [1.29, 1.82) is 0 Å². The Hall–Kier alpha value is -1.89. The molecule has 1 saturated heterocycles. The first-order chi connectivity index (χ1) is 10.7. The first-order valence-electron chi connectivity index (χ1n) is 8.07. The first kappa shape index (κ1) is 15.0. The van der Waals surface area contributed by atoms with E-state index in [1.165, 1.54) is 0 Å². The summed E-state index contributed by atoms with van der Waals surface area (Å²) in [5.74, 6) is 0.967. The Morgan fingerprint density at radius 1 is 1.45 bits per heavy atom. The molecule has 0 amide bonds. The molecule has 0 radical (unpaired) electrons. The number of hydrogen-bond donors (Lipinski definition) is 2.